The van der Waals surface area contributed by atoms with Crippen molar-refractivity contribution in [2.45, 2.75) is 68.3 Å². The van der Waals surface area contributed by atoms with Gasteiger partial charge in [0, 0.05) is 16.7 Å². The van der Waals surface area contributed by atoms with Crippen LogP contribution in [0.15, 0.2) is 29.4 Å². The number of carbonyl (C=O) groups is 1. The second kappa shape index (κ2) is 10.6. The van der Waals surface area contributed by atoms with Crippen LogP contribution in [0.3, 0.4) is 0 Å². The number of amides is 1. The van der Waals surface area contributed by atoms with E-state index < -0.39 is 6.04 Å². The van der Waals surface area contributed by atoms with Gasteiger partial charge in [-0.1, -0.05) is 79.1 Å². The van der Waals surface area contributed by atoms with Gasteiger partial charge < -0.3 is 5.73 Å². The fourth-order valence-corrected chi connectivity index (χ4v) is 6.10. The Kier molecular flexibility index (Phi) is 7.64. The zero-order valence-corrected chi connectivity index (χ0v) is 20.2. The van der Waals surface area contributed by atoms with Crippen LogP contribution in [0.2, 0.25) is 5.02 Å². The Balaban J connectivity index is 1.46. The minimum absolute atomic E-state index is 0.203. The van der Waals surface area contributed by atoms with E-state index >= 15 is 0 Å². The Labute approximate surface area is 200 Å². The summed E-state index contributed by atoms with van der Waals surface area (Å²) in [5.74, 6) is 1.05. The van der Waals surface area contributed by atoms with E-state index in [1.165, 1.54) is 42.4 Å². The largest absolute Gasteiger partial charge is 0.368 e. The standard InChI is InChI=1S/C21H26ClN7OS2/c1-2-16(17(30)24-20-27-25-18(32-20)13-8-4-3-5-9-13)29-19(23)26-28-21(29)31-12-14-10-6-7-11-15(14)22/h6-7,10-11,13,16H,2-5,8-9,12H2,1H3,(H2,23,26)(H,24,27,30). The maximum Gasteiger partial charge on any atom is 0.249 e. The Morgan fingerprint density at radius 1 is 1.25 bits per heavy atom. The molecule has 0 saturated heterocycles. The zero-order chi connectivity index (χ0) is 22.5. The van der Waals surface area contributed by atoms with Crippen molar-refractivity contribution in [3.8, 4) is 0 Å². The number of thioether (sulfide) groups is 1. The molecule has 1 atom stereocenters. The summed E-state index contributed by atoms with van der Waals surface area (Å²) in [5.41, 5.74) is 7.07. The average Bonchev–Trinajstić information content (AvgIpc) is 3.42. The van der Waals surface area contributed by atoms with Gasteiger partial charge in [0.2, 0.25) is 17.0 Å². The third kappa shape index (κ3) is 5.24. The molecule has 32 heavy (non-hydrogen) atoms. The predicted octanol–water partition coefficient (Wildman–Crippen LogP) is 5.30. The number of hydrogen-bond donors (Lipinski definition) is 2. The lowest BCUT2D eigenvalue weighted by Crippen LogP contribution is -2.27. The second-order valence-electron chi connectivity index (χ2n) is 7.78. The van der Waals surface area contributed by atoms with E-state index in [-0.39, 0.29) is 11.9 Å². The Bertz CT molecular complexity index is 1060. The molecule has 0 radical (unpaired) electrons. The lowest BCUT2D eigenvalue weighted by atomic mass is 9.90. The van der Waals surface area contributed by atoms with Crippen molar-refractivity contribution >= 4 is 51.7 Å². The number of nitrogens with two attached hydrogens (primary N) is 1. The highest BCUT2D eigenvalue weighted by Gasteiger charge is 2.27. The molecular weight excluding hydrogens is 466 g/mol. The smallest absolute Gasteiger partial charge is 0.249 e. The molecule has 2 heterocycles. The molecule has 0 bridgehead atoms. The van der Waals surface area contributed by atoms with Crippen LogP contribution in [0.4, 0.5) is 11.1 Å². The number of anilines is 2. The third-order valence-electron chi connectivity index (χ3n) is 5.63. The summed E-state index contributed by atoms with van der Waals surface area (Å²) in [5, 5.41) is 22.4. The first-order valence-corrected chi connectivity index (χ1v) is 13.0. The molecule has 3 aromatic rings. The maximum absolute atomic E-state index is 13.1. The molecule has 2 aromatic heterocycles. The van der Waals surface area contributed by atoms with Crippen molar-refractivity contribution in [3.63, 3.8) is 0 Å². The van der Waals surface area contributed by atoms with Gasteiger partial charge >= 0.3 is 0 Å². The van der Waals surface area contributed by atoms with E-state index in [0.717, 1.165) is 23.4 Å². The number of halogens is 1. The summed E-state index contributed by atoms with van der Waals surface area (Å²) in [4.78, 5) is 13.1. The SMILES string of the molecule is CCC(C(=O)Nc1nnc(C2CCCCC2)s1)n1c(N)nnc1SCc1ccccc1Cl. The normalized spacial score (nSPS) is 15.6. The Morgan fingerprint density at radius 2 is 2.03 bits per heavy atom. The van der Waals surface area contributed by atoms with Gasteiger partial charge in [0.05, 0.1) is 0 Å². The fraction of sp³-hybridized carbons (Fsp3) is 0.476. The number of nitrogens with one attached hydrogen (secondary N) is 1. The van der Waals surface area contributed by atoms with Crippen LogP contribution in [-0.2, 0) is 10.5 Å². The molecular formula is C21H26ClN7OS2. The first-order valence-electron chi connectivity index (χ1n) is 10.8. The maximum atomic E-state index is 13.1. The molecule has 4 rings (SSSR count). The summed E-state index contributed by atoms with van der Waals surface area (Å²) in [6.07, 6.45) is 6.56. The van der Waals surface area contributed by atoms with Crippen LogP contribution in [0.25, 0.3) is 0 Å². The summed E-state index contributed by atoms with van der Waals surface area (Å²) in [7, 11) is 0. The summed E-state index contributed by atoms with van der Waals surface area (Å²) in [6.45, 7) is 1.93. The van der Waals surface area contributed by atoms with E-state index in [4.69, 9.17) is 17.3 Å². The molecule has 0 spiro atoms. The minimum atomic E-state index is -0.555. The predicted molar refractivity (Wildman–Crippen MR) is 129 cm³/mol. The lowest BCUT2D eigenvalue weighted by Gasteiger charge is -2.19. The van der Waals surface area contributed by atoms with Crippen molar-refractivity contribution in [1.29, 1.82) is 0 Å². The van der Waals surface area contributed by atoms with Gasteiger partial charge in [-0.05, 0) is 30.9 Å². The first-order chi connectivity index (χ1) is 15.6. The molecule has 1 fully saturated rings. The van der Waals surface area contributed by atoms with Crippen molar-refractivity contribution < 1.29 is 4.79 Å². The molecule has 1 amide bonds. The van der Waals surface area contributed by atoms with Gasteiger partial charge in [-0.15, -0.1) is 20.4 Å². The zero-order valence-electron chi connectivity index (χ0n) is 17.8. The fourth-order valence-electron chi connectivity index (χ4n) is 3.91. The number of hydrogen-bond acceptors (Lipinski definition) is 8. The molecule has 1 aliphatic carbocycles. The number of rotatable bonds is 8. The summed E-state index contributed by atoms with van der Waals surface area (Å²) < 4.78 is 1.68. The van der Waals surface area contributed by atoms with Gasteiger partial charge in [-0.3, -0.25) is 14.7 Å². The highest BCUT2D eigenvalue weighted by atomic mass is 35.5. The molecule has 8 nitrogen and oxygen atoms in total. The molecule has 1 saturated carbocycles. The van der Waals surface area contributed by atoms with Crippen LogP contribution in [0.1, 0.15) is 68.0 Å². The molecule has 11 heteroatoms. The van der Waals surface area contributed by atoms with Crippen LogP contribution >= 0.6 is 34.7 Å². The van der Waals surface area contributed by atoms with Crippen LogP contribution < -0.4 is 11.1 Å². The van der Waals surface area contributed by atoms with Gasteiger partial charge in [-0.2, -0.15) is 0 Å². The highest BCUT2D eigenvalue weighted by molar-refractivity contribution is 7.98. The minimum Gasteiger partial charge on any atom is -0.368 e. The number of nitrogens with zero attached hydrogens (tertiary/aromatic N) is 5. The van der Waals surface area contributed by atoms with Crippen molar-refractivity contribution in [2.24, 2.45) is 0 Å². The first kappa shape index (κ1) is 23.0. The highest BCUT2D eigenvalue weighted by Crippen LogP contribution is 2.35. The Morgan fingerprint density at radius 3 is 2.78 bits per heavy atom. The van der Waals surface area contributed by atoms with Crippen LogP contribution in [-0.4, -0.2) is 30.9 Å². The van der Waals surface area contributed by atoms with Gasteiger partial charge in [-0.25, -0.2) is 0 Å². The lowest BCUT2D eigenvalue weighted by molar-refractivity contribution is -0.119. The third-order valence-corrected chi connectivity index (χ3v) is 7.99. The van der Waals surface area contributed by atoms with E-state index in [2.05, 4.69) is 25.7 Å². The van der Waals surface area contributed by atoms with Crippen molar-refractivity contribution in [2.75, 3.05) is 11.1 Å². The van der Waals surface area contributed by atoms with Gasteiger partial charge in [0.15, 0.2) is 5.16 Å². The molecule has 1 unspecified atom stereocenters. The van der Waals surface area contributed by atoms with Crippen molar-refractivity contribution in [3.05, 3.63) is 39.9 Å². The van der Waals surface area contributed by atoms with Crippen LogP contribution in [0.5, 0.6) is 0 Å². The summed E-state index contributed by atoms with van der Waals surface area (Å²) in [6, 6.07) is 7.08. The summed E-state index contributed by atoms with van der Waals surface area (Å²) >= 11 is 9.18. The van der Waals surface area contributed by atoms with Crippen LogP contribution in [0, 0.1) is 0 Å². The number of aromatic nitrogens is 5. The molecule has 0 aliphatic heterocycles. The average molecular weight is 492 g/mol. The van der Waals surface area contributed by atoms with E-state index in [0.29, 0.717) is 33.4 Å². The topological polar surface area (TPSA) is 112 Å². The molecule has 3 N–H and O–H groups in total. The second-order valence-corrected chi connectivity index (χ2v) is 10.1. The monoisotopic (exact) mass is 491 g/mol. The van der Waals surface area contributed by atoms with Gasteiger partial charge in [0.1, 0.15) is 11.0 Å². The van der Waals surface area contributed by atoms with Gasteiger partial charge in [0.25, 0.3) is 0 Å². The Hall–Kier alpha value is -2.17. The van der Waals surface area contributed by atoms with E-state index in [9.17, 15) is 4.79 Å². The van der Waals surface area contributed by atoms with E-state index in [1.54, 1.807) is 4.57 Å². The van der Waals surface area contributed by atoms with Crippen molar-refractivity contribution in [1.82, 2.24) is 25.0 Å². The number of nitrogen functional groups attached to an aromatic ring is 1. The molecule has 1 aromatic carbocycles. The number of benzene rings is 1. The molecule has 1 aliphatic rings. The number of carbonyl (C=O) groups excluding carboxylic acids is 1. The quantitative estimate of drug-likeness (QED) is 0.411. The van der Waals surface area contributed by atoms with E-state index in [1.807, 2.05) is 31.2 Å². The molecule has 170 valence electrons.